The molecule has 0 N–H and O–H groups in total. The van der Waals surface area contributed by atoms with Crippen molar-refractivity contribution in [2.45, 2.75) is 52.1 Å². The topological polar surface area (TPSA) is 29.5 Å². The van der Waals surface area contributed by atoms with Crippen LogP contribution in [-0.4, -0.2) is 36.6 Å². The van der Waals surface area contributed by atoms with Crippen molar-refractivity contribution >= 4 is 5.97 Å². The zero-order chi connectivity index (χ0) is 15.2. The van der Waals surface area contributed by atoms with Crippen LogP contribution in [0.1, 0.15) is 40.0 Å². The summed E-state index contributed by atoms with van der Waals surface area (Å²) in [7, 11) is 1.44. The molecule has 1 saturated carbocycles. The van der Waals surface area contributed by atoms with Crippen molar-refractivity contribution in [2.75, 3.05) is 13.7 Å². The summed E-state index contributed by atoms with van der Waals surface area (Å²) in [5, 5.41) is 0. The minimum atomic E-state index is -0.237. The zero-order valence-electron chi connectivity index (χ0n) is 13.5. The molecule has 2 unspecified atom stereocenters. The number of rotatable bonds is 2. The lowest BCUT2D eigenvalue weighted by atomic mass is 9.72. The van der Waals surface area contributed by atoms with Crippen molar-refractivity contribution in [1.82, 2.24) is 4.90 Å². The number of hydrogen-bond acceptors (Lipinski definition) is 3. The van der Waals surface area contributed by atoms with Crippen LogP contribution in [-0.2, 0) is 9.53 Å². The molecule has 2 aliphatic carbocycles. The Labute approximate surface area is 127 Å². The van der Waals surface area contributed by atoms with Crippen molar-refractivity contribution in [3.05, 3.63) is 34.9 Å². The monoisotopic (exact) mass is 287 g/mol. The largest absolute Gasteiger partial charge is 0.465 e. The molecule has 2 atom stereocenters. The lowest BCUT2D eigenvalue weighted by molar-refractivity contribution is -0.135. The van der Waals surface area contributed by atoms with E-state index in [2.05, 4.69) is 37.8 Å². The van der Waals surface area contributed by atoms with Gasteiger partial charge in [0.15, 0.2) is 0 Å². The Morgan fingerprint density at radius 2 is 2.24 bits per heavy atom. The number of carbonyl (C=O) groups excluding carboxylic acids is 1. The summed E-state index contributed by atoms with van der Waals surface area (Å²) in [6, 6.07) is 0.901. The van der Waals surface area contributed by atoms with E-state index in [1.807, 2.05) is 6.08 Å². The number of nitrogens with zero attached hydrogens (tertiary/aromatic N) is 1. The van der Waals surface area contributed by atoms with E-state index in [1.165, 1.54) is 25.5 Å². The summed E-state index contributed by atoms with van der Waals surface area (Å²) in [5.74, 6) is -0.237. The Kier molecular flexibility index (Phi) is 3.56. The molecule has 0 bridgehead atoms. The molecule has 3 aliphatic rings. The van der Waals surface area contributed by atoms with Gasteiger partial charge >= 0.3 is 5.97 Å². The lowest BCUT2D eigenvalue weighted by Gasteiger charge is -2.38. The molecule has 1 aliphatic heterocycles. The second-order valence-corrected chi connectivity index (χ2v) is 7.10. The van der Waals surface area contributed by atoms with E-state index < -0.39 is 0 Å². The Hall–Kier alpha value is -1.35. The summed E-state index contributed by atoms with van der Waals surface area (Å²) < 4.78 is 4.87. The Balaban J connectivity index is 2.02. The summed E-state index contributed by atoms with van der Waals surface area (Å²) in [4.78, 5) is 14.4. The van der Waals surface area contributed by atoms with Crippen molar-refractivity contribution in [2.24, 2.45) is 5.41 Å². The fourth-order valence-corrected chi connectivity index (χ4v) is 4.11. The van der Waals surface area contributed by atoms with Crippen LogP contribution in [0.3, 0.4) is 0 Å². The van der Waals surface area contributed by atoms with Gasteiger partial charge in [0.1, 0.15) is 0 Å². The van der Waals surface area contributed by atoms with E-state index in [0.29, 0.717) is 23.1 Å². The predicted octanol–water partition coefficient (Wildman–Crippen LogP) is 3.24. The highest BCUT2D eigenvalue weighted by atomic mass is 16.5. The maximum Gasteiger partial charge on any atom is 0.337 e. The fraction of sp³-hybridized carbons (Fsp3) is 0.611. The molecule has 0 aromatic heterocycles. The molecule has 1 fully saturated rings. The van der Waals surface area contributed by atoms with Crippen molar-refractivity contribution in [3.63, 3.8) is 0 Å². The summed E-state index contributed by atoms with van der Waals surface area (Å²) in [5.41, 5.74) is 3.94. The normalized spacial score (nSPS) is 30.8. The lowest BCUT2D eigenvalue weighted by Crippen LogP contribution is -2.40. The average molecular weight is 287 g/mol. The van der Waals surface area contributed by atoms with Gasteiger partial charge < -0.3 is 4.74 Å². The van der Waals surface area contributed by atoms with Gasteiger partial charge in [0.05, 0.1) is 18.7 Å². The first-order valence-corrected chi connectivity index (χ1v) is 7.94. The number of fused-ring (bicyclic) bond motifs is 2. The van der Waals surface area contributed by atoms with E-state index in [1.54, 1.807) is 5.57 Å². The molecular formula is C18H25NO2. The van der Waals surface area contributed by atoms with Crippen LogP contribution < -0.4 is 0 Å². The number of hydrogen-bond donors (Lipinski definition) is 0. The van der Waals surface area contributed by atoms with Gasteiger partial charge in [-0.15, -0.1) is 0 Å². The second-order valence-electron chi connectivity index (χ2n) is 7.10. The quantitative estimate of drug-likeness (QED) is 0.730. The van der Waals surface area contributed by atoms with Gasteiger partial charge in [-0.2, -0.15) is 0 Å². The molecular weight excluding hydrogens is 262 g/mol. The van der Waals surface area contributed by atoms with Gasteiger partial charge in [-0.1, -0.05) is 26.8 Å². The predicted molar refractivity (Wildman–Crippen MR) is 83.9 cm³/mol. The first kappa shape index (κ1) is 14.6. The highest BCUT2D eigenvalue weighted by molar-refractivity contribution is 5.93. The maximum atomic E-state index is 11.8. The summed E-state index contributed by atoms with van der Waals surface area (Å²) >= 11 is 0. The Morgan fingerprint density at radius 1 is 1.48 bits per heavy atom. The third-order valence-electron chi connectivity index (χ3n) is 5.17. The first-order chi connectivity index (χ1) is 9.96. The molecule has 1 heterocycles. The SMILES string of the molecule is CCN1C2C=CC(C(=O)OC)=CC2=C2CC(C)(C)CCC21. The van der Waals surface area contributed by atoms with Crippen LogP contribution in [0.15, 0.2) is 34.9 Å². The van der Waals surface area contributed by atoms with Crippen LogP contribution in [0, 0.1) is 5.41 Å². The first-order valence-electron chi connectivity index (χ1n) is 7.94. The minimum absolute atomic E-state index is 0.237. The third kappa shape index (κ3) is 2.38. The van der Waals surface area contributed by atoms with Crippen LogP contribution >= 0.6 is 0 Å². The zero-order valence-corrected chi connectivity index (χ0v) is 13.5. The summed E-state index contributed by atoms with van der Waals surface area (Å²) in [6.45, 7) is 7.98. The Bertz CT molecular complexity index is 554. The van der Waals surface area contributed by atoms with Gasteiger partial charge in [-0.25, -0.2) is 4.79 Å². The highest BCUT2D eigenvalue weighted by Crippen LogP contribution is 2.48. The van der Waals surface area contributed by atoms with Crippen LogP contribution in [0.2, 0.25) is 0 Å². The van der Waals surface area contributed by atoms with E-state index in [0.717, 1.165) is 13.0 Å². The van der Waals surface area contributed by atoms with Gasteiger partial charge in [-0.05, 0) is 54.5 Å². The summed E-state index contributed by atoms with van der Waals surface area (Å²) in [6.07, 6.45) is 9.80. The van der Waals surface area contributed by atoms with E-state index in [-0.39, 0.29) is 5.97 Å². The number of methoxy groups -OCH3 is 1. The molecule has 3 rings (SSSR count). The van der Waals surface area contributed by atoms with Crippen molar-refractivity contribution < 1.29 is 9.53 Å². The number of carbonyl (C=O) groups is 1. The van der Waals surface area contributed by atoms with Gasteiger partial charge in [-0.3, -0.25) is 4.90 Å². The highest BCUT2D eigenvalue weighted by Gasteiger charge is 2.43. The van der Waals surface area contributed by atoms with E-state index in [4.69, 9.17) is 4.74 Å². The smallest absolute Gasteiger partial charge is 0.337 e. The molecule has 0 amide bonds. The average Bonchev–Trinajstić information content (AvgIpc) is 2.77. The molecule has 0 aromatic carbocycles. The van der Waals surface area contributed by atoms with Gasteiger partial charge in [0.2, 0.25) is 0 Å². The molecule has 0 spiro atoms. The molecule has 0 radical (unpaired) electrons. The van der Waals surface area contributed by atoms with E-state index in [9.17, 15) is 4.79 Å². The molecule has 0 aromatic rings. The second kappa shape index (κ2) is 5.13. The Morgan fingerprint density at radius 3 is 2.90 bits per heavy atom. The van der Waals surface area contributed by atoms with Crippen LogP contribution in [0.25, 0.3) is 0 Å². The molecule has 114 valence electrons. The van der Waals surface area contributed by atoms with Gasteiger partial charge in [0, 0.05) is 6.04 Å². The third-order valence-corrected chi connectivity index (χ3v) is 5.17. The molecule has 3 heteroatoms. The molecule has 3 nitrogen and oxygen atoms in total. The maximum absolute atomic E-state index is 11.8. The number of ether oxygens (including phenoxy) is 1. The van der Waals surface area contributed by atoms with Crippen molar-refractivity contribution in [3.8, 4) is 0 Å². The molecule has 21 heavy (non-hydrogen) atoms. The minimum Gasteiger partial charge on any atom is -0.465 e. The fourth-order valence-electron chi connectivity index (χ4n) is 4.11. The van der Waals surface area contributed by atoms with Crippen LogP contribution in [0.5, 0.6) is 0 Å². The van der Waals surface area contributed by atoms with Crippen molar-refractivity contribution in [1.29, 1.82) is 0 Å². The number of esters is 1. The van der Waals surface area contributed by atoms with Crippen LogP contribution in [0.4, 0.5) is 0 Å². The standard InChI is InChI=1S/C18H25NO2/c1-5-19-15-7-6-12(17(20)21-4)10-13(15)14-11-18(2,3)9-8-16(14)19/h6-7,10,15-16H,5,8-9,11H2,1-4H3. The molecule has 0 saturated heterocycles. The van der Waals surface area contributed by atoms with Gasteiger partial charge in [0.25, 0.3) is 0 Å². The van der Waals surface area contributed by atoms with E-state index >= 15 is 0 Å². The number of likely N-dealkylation sites (N-methyl/N-ethyl adjacent to an activating group) is 1.